The molecule has 2 heterocycles. The van der Waals surface area contributed by atoms with Crippen molar-refractivity contribution in [3.05, 3.63) is 59.7 Å². The Morgan fingerprint density at radius 3 is 2.59 bits per heavy atom. The molecule has 2 aliphatic rings. The van der Waals surface area contributed by atoms with Crippen LogP contribution in [0.25, 0.3) is 0 Å². The fraction of sp³-hybridized carbons (Fsp3) is 0.455. The standard InChI is InChI=1S/C22H24F3NO3/c1-27-19-9-8-18(29-22(23,24)25)13-15(19)14-28-20-10-7-17-11-12-21(20,26-17)16-5-3-2-4-6-16/h2-6,8-9,13,17,20,26H,7,10-12,14H2,1H3/t17-,20+,21+/m0/s1. The second kappa shape index (κ2) is 7.88. The van der Waals surface area contributed by atoms with E-state index in [-0.39, 0.29) is 24.0 Å². The van der Waals surface area contributed by atoms with E-state index in [0.29, 0.717) is 17.4 Å². The van der Waals surface area contributed by atoms with Crippen LogP contribution in [0.15, 0.2) is 48.5 Å². The van der Waals surface area contributed by atoms with E-state index in [4.69, 9.17) is 9.47 Å². The Bertz CT molecular complexity index is 843. The fourth-order valence-electron chi connectivity index (χ4n) is 4.61. The molecule has 0 radical (unpaired) electrons. The average Bonchev–Trinajstić information content (AvgIpc) is 3.05. The topological polar surface area (TPSA) is 39.7 Å². The van der Waals surface area contributed by atoms with Crippen molar-refractivity contribution in [2.45, 2.75) is 56.3 Å². The summed E-state index contributed by atoms with van der Waals surface area (Å²) in [6.07, 6.45) is -0.842. The minimum atomic E-state index is -4.74. The molecule has 0 unspecified atom stereocenters. The van der Waals surface area contributed by atoms with Gasteiger partial charge in [0.1, 0.15) is 11.5 Å². The van der Waals surface area contributed by atoms with Crippen molar-refractivity contribution in [3.63, 3.8) is 0 Å². The highest BCUT2D eigenvalue weighted by Crippen LogP contribution is 2.45. The van der Waals surface area contributed by atoms with Gasteiger partial charge >= 0.3 is 6.36 Å². The first kappa shape index (κ1) is 20.0. The molecule has 7 heteroatoms. The summed E-state index contributed by atoms with van der Waals surface area (Å²) < 4.78 is 53.4. The van der Waals surface area contributed by atoms with E-state index in [1.54, 1.807) is 0 Å². The van der Waals surface area contributed by atoms with E-state index in [1.807, 2.05) is 18.2 Å². The summed E-state index contributed by atoms with van der Waals surface area (Å²) >= 11 is 0. The van der Waals surface area contributed by atoms with Crippen LogP contribution < -0.4 is 14.8 Å². The van der Waals surface area contributed by atoms with E-state index in [9.17, 15) is 13.2 Å². The van der Waals surface area contributed by atoms with Gasteiger partial charge in [-0.3, -0.25) is 0 Å². The van der Waals surface area contributed by atoms with Crippen LogP contribution in [0.5, 0.6) is 11.5 Å². The van der Waals surface area contributed by atoms with Gasteiger partial charge in [-0.2, -0.15) is 0 Å². The predicted octanol–water partition coefficient (Wildman–Crippen LogP) is 4.92. The number of rotatable bonds is 6. The van der Waals surface area contributed by atoms with Crippen LogP contribution in [0.3, 0.4) is 0 Å². The highest BCUT2D eigenvalue weighted by molar-refractivity contribution is 5.40. The maximum atomic E-state index is 12.6. The van der Waals surface area contributed by atoms with Gasteiger partial charge in [-0.25, -0.2) is 0 Å². The van der Waals surface area contributed by atoms with Crippen molar-refractivity contribution in [3.8, 4) is 11.5 Å². The van der Waals surface area contributed by atoms with Gasteiger partial charge in [-0.15, -0.1) is 13.2 Å². The molecule has 1 N–H and O–H groups in total. The Morgan fingerprint density at radius 1 is 1.07 bits per heavy atom. The molecule has 2 bridgehead atoms. The van der Waals surface area contributed by atoms with Gasteiger partial charge in [0, 0.05) is 11.6 Å². The highest BCUT2D eigenvalue weighted by atomic mass is 19.4. The molecule has 2 fully saturated rings. The fourth-order valence-corrected chi connectivity index (χ4v) is 4.61. The lowest BCUT2D eigenvalue weighted by atomic mass is 9.80. The largest absolute Gasteiger partial charge is 0.573 e. The molecule has 2 aromatic rings. The van der Waals surface area contributed by atoms with Crippen LogP contribution >= 0.6 is 0 Å². The van der Waals surface area contributed by atoms with Crippen molar-refractivity contribution in [1.29, 1.82) is 0 Å². The zero-order chi connectivity index (χ0) is 20.5. The Balaban J connectivity index is 1.55. The molecule has 0 aliphatic carbocycles. The third-order valence-electron chi connectivity index (χ3n) is 5.89. The van der Waals surface area contributed by atoms with Crippen LogP contribution in [0.4, 0.5) is 13.2 Å². The van der Waals surface area contributed by atoms with Crippen LogP contribution in [0, 0.1) is 0 Å². The Labute approximate surface area is 168 Å². The molecule has 3 atom stereocenters. The first-order valence-corrected chi connectivity index (χ1v) is 9.77. The summed E-state index contributed by atoms with van der Waals surface area (Å²) in [5.74, 6) is 0.193. The number of hydrogen-bond donors (Lipinski definition) is 1. The third-order valence-corrected chi connectivity index (χ3v) is 5.89. The van der Waals surface area contributed by atoms with Crippen LogP contribution in [0.1, 0.15) is 36.8 Å². The third kappa shape index (κ3) is 4.21. The molecule has 156 valence electrons. The van der Waals surface area contributed by atoms with Crippen molar-refractivity contribution in [2.75, 3.05) is 7.11 Å². The summed E-state index contributed by atoms with van der Waals surface area (Å²) in [7, 11) is 1.48. The summed E-state index contributed by atoms with van der Waals surface area (Å²) in [6.45, 7) is 0.143. The lowest BCUT2D eigenvalue weighted by molar-refractivity contribution is -0.274. The van der Waals surface area contributed by atoms with E-state index in [2.05, 4.69) is 22.2 Å². The second-order valence-electron chi connectivity index (χ2n) is 7.62. The van der Waals surface area contributed by atoms with Crippen molar-refractivity contribution in [1.82, 2.24) is 5.32 Å². The van der Waals surface area contributed by atoms with E-state index >= 15 is 0 Å². The van der Waals surface area contributed by atoms with Crippen LogP contribution in [-0.2, 0) is 16.9 Å². The van der Waals surface area contributed by atoms with Crippen LogP contribution in [-0.4, -0.2) is 25.6 Å². The predicted molar refractivity (Wildman–Crippen MR) is 102 cm³/mol. The van der Waals surface area contributed by atoms with Gasteiger partial charge in [0.05, 0.1) is 25.4 Å². The van der Waals surface area contributed by atoms with Crippen molar-refractivity contribution in [2.24, 2.45) is 0 Å². The molecule has 2 saturated heterocycles. The second-order valence-corrected chi connectivity index (χ2v) is 7.62. The first-order valence-electron chi connectivity index (χ1n) is 9.77. The normalized spacial score (nSPS) is 26.3. The number of piperidine rings is 1. The molecule has 2 aliphatic heterocycles. The summed E-state index contributed by atoms with van der Waals surface area (Å²) in [4.78, 5) is 0. The lowest BCUT2D eigenvalue weighted by Gasteiger charge is -2.42. The van der Waals surface area contributed by atoms with Crippen molar-refractivity contribution >= 4 is 0 Å². The number of methoxy groups -OCH3 is 1. The zero-order valence-corrected chi connectivity index (χ0v) is 16.2. The van der Waals surface area contributed by atoms with Gasteiger partial charge in [0.2, 0.25) is 0 Å². The number of halogens is 3. The van der Waals surface area contributed by atoms with Crippen molar-refractivity contribution < 1.29 is 27.4 Å². The zero-order valence-electron chi connectivity index (χ0n) is 16.2. The average molecular weight is 407 g/mol. The molecule has 29 heavy (non-hydrogen) atoms. The maximum Gasteiger partial charge on any atom is 0.573 e. The SMILES string of the molecule is COc1ccc(OC(F)(F)F)cc1CO[C@@H]1CC[C@H]2CC[C@]1(c1ccccc1)N2. The molecule has 4 rings (SSSR count). The van der Waals surface area contributed by atoms with Gasteiger partial charge in [0.25, 0.3) is 0 Å². The minimum Gasteiger partial charge on any atom is -0.496 e. The number of fused-ring (bicyclic) bond motifs is 2. The minimum absolute atomic E-state index is 0.0828. The smallest absolute Gasteiger partial charge is 0.496 e. The quantitative estimate of drug-likeness (QED) is 0.738. The lowest BCUT2D eigenvalue weighted by Crippen LogP contribution is -2.54. The van der Waals surface area contributed by atoms with Crippen LogP contribution in [0.2, 0.25) is 0 Å². The highest BCUT2D eigenvalue weighted by Gasteiger charge is 2.49. The molecular weight excluding hydrogens is 383 g/mol. The van der Waals surface area contributed by atoms with Gasteiger partial charge in [0.15, 0.2) is 0 Å². The molecule has 0 aromatic heterocycles. The number of nitrogens with one attached hydrogen (secondary N) is 1. The Morgan fingerprint density at radius 2 is 1.86 bits per heavy atom. The molecule has 0 spiro atoms. The number of benzene rings is 2. The Kier molecular flexibility index (Phi) is 5.44. The molecular formula is C22H24F3NO3. The maximum absolute atomic E-state index is 12.6. The van der Waals surface area contributed by atoms with E-state index in [0.717, 1.165) is 25.7 Å². The molecule has 0 amide bonds. The van der Waals surface area contributed by atoms with Gasteiger partial charge < -0.3 is 19.5 Å². The summed E-state index contributed by atoms with van der Waals surface area (Å²) in [5.41, 5.74) is 1.45. The first-order chi connectivity index (χ1) is 13.9. The number of hydrogen-bond acceptors (Lipinski definition) is 4. The van der Waals surface area contributed by atoms with E-state index < -0.39 is 6.36 Å². The van der Waals surface area contributed by atoms with Gasteiger partial charge in [-0.1, -0.05) is 30.3 Å². The summed E-state index contributed by atoms with van der Waals surface area (Å²) in [5, 5.41) is 3.75. The number of ether oxygens (including phenoxy) is 3. The van der Waals surface area contributed by atoms with Gasteiger partial charge in [-0.05, 0) is 49.4 Å². The molecule has 4 nitrogen and oxygen atoms in total. The Hall–Kier alpha value is -2.25. The number of alkyl halides is 3. The molecule has 2 aromatic carbocycles. The van der Waals surface area contributed by atoms with E-state index in [1.165, 1.54) is 30.9 Å². The monoisotopic (exact) mass is 407 g/mol. The molecule has 0 saturated carbocycles. The summed E-state index contributed by atoms with van der Waals surface area (Å²) in [6, 6.07) is 14.8.